The third kappa shape index (κ3) is 3.75. The second kappa shape index (κ2) is 6.63. The molecule has 2 aromatic rings. The highest BCUT2D eigenvalue weighted by Gasteiger charge is 2.12. The van der Waals surface area contributed by atoms with Gasteiger partial charge in [0, 0.05) is 30.0 Å². The van der Waals surface area contributed by atoms with Gasteiger partial charge >= 0.3 is 0 Å². The van der Waals surface area contributed by atoms with Crippen LogP contribution in [0.2, 0.25) is 5.02 Å². The van der Waals surface area contributed by atoms with Crippen molar-refractivity contribution < 1.29 is 8.91 Å². The van der Waals surface area contributed by atoms with Crippen LogP contribution >= 0.6 is 11.6 Å². The largest absolute Gasteiger partial charge is 0.339 e. The Balaban J connectivity index is 2.03. The van der Waals surface area contributed by atoms with E-state index in [1.807, 2.05) is 6.92 Å². The lowest BCUT2D eigenvalue weighted by Gasteiger charge is -2.01. The first-order valence-electron chi connectivity index (χ1n) is 6.15. The molecular formula is C13H15ClFN3O. The van der Waals surface area contributed by atoms with E-state index in [1.165, 1.54) is 6.07 Å². The van der Waals surface area contributed by atoms with Crippen LogP contribution < -0.4 is 5.32 Å². The van der Waals surface area contributed by atoms with Crippen molar-refractivity contribution >= 4 is 11.6 Å². The number of rotatable bonds is 6. The zero-order valence-corrected chi connectivity index (χ0v) is 11.4. The minimum absolute atomic E-state index is 0.232. The fourth-order valence-corrected chi connectivity index (χ4v) is 1.92. The number of aromatic nitrogens is 2. The summed E-state index contributed by atoms with van der Waals surface area (Å²) in [5.41, 5.74) is 0.392. The molecule has 0 amide bonds. The summed E-state index contributed by atoms with van der Waals surface area (Å²) >= 11 is 5.95. The Kier molecular flexibility index (Phi) is 4.87. The third-order valence-corrected chi connectivity index (χ3v) is 3.03. The highest BCUT2D eigenvalue weighted by Crippen LogP contribution is 2.21. The van der Waals surface area contributed by atoms with Crippen LogP contribution in [0.25, 0.3) is 0 Å². The van der Waals surface area contributed by atoms with Crippen LogP contribution in [0.15, 0.2) is 22.7 Å². The first kappa shape index (κ1) is 14.0. The number of hydrogen-bond acceptors (Lipinski definition) is 4. The average molecular weight is 284 g/mol. The monoisotopic (exact) mass is 283 g/mol. The quantitative estimate of drug-likeness (QED) is 0.828. The molecule has 0 radical (unpaired) electrons. The molecule has 2 rings (SSSR count). The van der Waals surface area contributed by atoms with Gasteiger partial charge in [0.05, 0.1) is 0 Å². The summed E-state index contributed by atoms with van der Waals surface area (Å²) < 4.78 is 18.7. The van der Waals surface area contributed by atoms with Gasteiger partial charge in [-0.05, 0) is 18.7 Å². The molecule has 0 atom stereocenters. The van der Waals surface area contributed by atoms with Crippen molar-refractivity contribution in [2.75, 3.05) is 13.1 Å². The predicted molar refractivity (Wildman–Crippen MR) is 70.8 cm³/mol. The fraction of sp³-hybridized carbons (Fsp3) is 0.385. The molecule has 0 saturated carbocycles. The van der Waals surface area contributed by atoms with Crippen molar-refractivity contribution in [1.29, 1.82) is 0 Å². The molecule has 0 spiro atoms. The van der Waals surface area contributed by atoms with Crippen LogP contribution in [0, 0.1) is 5.82 Å². The van der Waals surface area contributed by atoms with Gasteiger partial charge in [0.2, 0.25) is 5.89 Å². The lowest BCUT2D eigenvalue weighted by molar-refractivity contribution is 0.371. The van der Waals surface area contributed by atoms with Crippen molar-refractivity contribution in [2.24, 2.45) is 0 Å². The van der Waals surface area contributed by atoms with E-state index >= 15 is 0 Å². The molecule has 1 aromatic heterocycles. The van der Waals surface area contributed by atoms with Gasteiger partial charge in [0.15, 0.2) is 5.82 Å². The maximum Gasteiger partial charge on any atom is 0.227 e. The lowest BCUT2D eigenvalue weighted by atomic mass is 10.1. The Morgan fingerprint density at radius 2 is 2.26 bits per heavy atom. The average Bonchev–Trinajstić information content (AvgIpc) is 2.82. The predicted octanol–water partition coefficient (Wildman–Crippen LogP) is 2.60. The van der Waals surface area contributed by atoms with Crippen molar-refractivity contribution in [3.63, 3.8) is 0 Å². The van der Waals surface area contributed by atoms with Crippen LogP contribution in [-0.2, 0) is 12.8 Å². The summed E-state index contributed by atoms with van der Waals surface area (Å²) in [6, 6.07) is 4.58. The van der Waals surface area contributed by atoms with Crippen molar-refractivity contribution in [2.45, 2.75) is 19.8 Å². The van der Waals surface area contributed by atoms with Crippen LogP contribution in [0.4, 0.5) is 4.39 Å². The molecule has 4 nitrogen and oxygen atoms in total. The van der Waals surface area contributed by atoms with E-state index in [2.05, 4.69) is 15.5 Å². The number of nitrogens with one attached hydrogen (secondary N) is 1. The molecule has 6 heteroatoms. The zero-order valence-electron chi connectivity index (χ0n) is 10.6. The van der Waals surface area contributed by atoms with Gasteiger partial charge in [-0.1, -0.05) is 29.7 Å². The maximum atomic E-state index is 13.6. The molecule has 102 valence electrons. The van der Waals surface area contributed by atoms with Crippen molar-refractivity contribution in [1.82, 2.24) is 15.5 Å². The summed E-state index contributed by atoms with van der Waals surface area (Å²) in [7, 11) is 0. The van der Waals surface area contributed by atoms with E-state index in [-0.39, 0.29) is 12.2 Å². The number of hydrogen-bond donors (Lipinski definition) is 1. The van der Waals surface area contributed by atoms with Gasteiger partial charge in [0.1, 0.15) is 5.82 Å². The van der Waals surface area contributed by atoms with Crippen molar-refractivity contribution in [3.8, 4) is 0 Å². The molecule has 19 heavy (non-hydrogen) atoms. The molecule has 0 aliphatic rings. The summed E-state index contributed by atoms with van der Waals surface area (Å²) in [5, 5.41) is 7.37. The maximum absolute atomic E-state index is 13.6. The molecule has 0 saturated heterocycles. The van der Waals surface area contributed by atoms with Gasteiger partial charge in [-0.2, -0.15) is 4.98 Å². The number of halogens is 2. The zero-order chi connectivity index (χ0) is 13.7. The van der Waals surface area contributed by atoms with Crippen LogP contribution in [0.5, 0.6) is 0 Å². The Hall–Kier alpha value is -1.46. The van der Waals surface area contributed by atoms with E-state index in [9.17, 15) is 4.39 Å². The lowest BCUT2D eigenvalue weighted by Crippen LogP contribution is -2.16. The summed E-state index contributed by atoms with van der Waals surface area (Å²) in [4.78, 5) is 4.22. The normalized spacial score (nSPS) is 10.9. The minimum Gasteiger partial charge on any atom is -0.339 e. The number of likely N-dealkylation sites (N-methyl/N-ethyl adjacent to an activating group) is 1. The highest BCUT2D eigenvalue weighted by molar-refractivity contribution is 6.31. The molecule has 0 bridgehead atoms. The molecule has 1 heterocycles. The minimum atomic E-state index is -0.355. The Morgan fingerprint density at radius 3 is 3.00 bits per heavy atom. The Bertz CT molecular complexity index is 524. The van der Waals surface area contributed by atoms with Crippen LogP contribution in [0.1, 0.15) is 24.2 Å². The topological polar surface area (TPSA) is 51.0 Å². The summed E-state index contributed by atoms with van der Waals surface area (Å²) in [5.74, 6) is 0.633. The second-order valence-corrected chi connectivity index (χ2v) is 4.49. The van der Waals surface area contributed by atoms with E-state index in [0.29, 0.717) is 28.7 Å². The third-order valence-electron chi connectivity index (χ3n) is 2.67. The molecule has 0 aliphatic carbocycles. The molecule has 0 fully saturated rings. The van der Waals surface area contributed by atoms with Gasteiger partial charge in [-0.3, -0.25) is 0 Å². The van der Waals surface area contributed by atoms with Gasteiger partial charge in [-0.15, -0.1) is 0 Å². The van der Waals surface area contributed by atoms with Crippen LogP contribution in [0.3, 0.4) is 0 Å². The molecule has 1 aromatic carbocycles. The van der Waals surface area contributed by atoms with E-state index in [0.717, 1.165) is 13.1 Å². The van der Waals surface area contributed by atoms with Crippen LogP contribution in [-0.4, -0.2) is 23.2 Å². The van der Waals surface area contributed by atoms with Gasteiger partial charge in [-0.25, -0.2) is 4.39 Å². The number of nitrogens with zero attached hydrogens (tertiary/aromatic N) is 2. The van der Waals surface area contributed by atoms with E-state index < -0.39 is 0 Å². The smallest absolute Gasteiger partial charge is 0.227 e. The van der Waals surface area contributed by atoms with Gasteiger partial charge in [0.25, 0.3) is 0 Å². The highest BCUT2D eigenvalue weighted by atomic mass is 35.5. The Labute approximate surface area is 116 Å². The SMILES string of the molecule is CCNCCc1nc(Cc2c(F)cccc2Cl)no1. The first-order chi connectivity index (χ1) is 9.20. The summed E-state index contributed by atoms with van der Waals surface area (Å²) in [6.45, 7) is 3.70. The first-order valence-corrected chi connectivity index (χ1v) is 6.53. The molecular weight excluding hydrogens is 269 g/mol. The summed E-state index contributed by atoms with van der Waals surface area (Å²) in [6.07, 6.45) is 0.891. The molecule has 0 aliphatic heterocycles. The fourth-order valence-electron chi connectivity index (χ4n) is 1.69. The van der Waals surface area contributed by atoms with Gasteiger partial charge < -0.3 is 9.84 Å². The van der Waals surface area contributed by atoms with E-state index in [1.54, 1.807) is 12.1 Å². The number of benzene rings is 1. The molecule has 1 N–H and O–H groups in total. The van der Waals surface area contributed by atoms with Crippen molar-refractivity contribution in [3.05, 3.63) is 46.3 Å². The molecule has 0 unspecified atom stereocenters. The van der Waals surface area contributed by atoms with E-state index in [4.69, 9.17) is 16.1 Å². The second-order valence-electron chi connectivity index (χ2n) is 4.08. The standard InChI is InChI=1S/C13H15ClFN3O/c1-2-16-7-6-13-17-12(18-19-13)8-9-10(14)4-3-5-11(9)15/h3-5,16H,2,6-8H2,1H3. The Morgan fingerprint density at radius 1 is 1.42 bits per heavy atom.